The van der Waals surface area contributed by atoms with E-state index in [0.717, 1.165) is 12.1 Å². The van der Waals surface area contributed by atoms with Crippen LogP contribution in [0.15, 0.2) is 53.4 Å². The summed E-state index contributed by atoms with van der Waals surface area (Å²) < 4.78 is 52.6. The molecule has 0 N–H and O–H groups in total. The number of hydrogen-bond donors (Lipinski definition) is 0. The number of ether oxygens (including phenoxy) is 2. The van der Waals surface area contributed by atoms with Gasteiger partial charge < -0.3 is 9.47 Å². The third kappa shape index (κ3) is 4.16. The Kier molecular flexibility index (Phi) is 5.61. The Hall–Kier alpha value is -2.00. The molecule has 2 heterocycles. The average Bonchev–Trinajstić information content (AvgIpc) is 3.05. The molecule has 0 aliphatic carbocycles. The van der Waals surface area contributed by atoms with Crippen LogP contribution in [0.3, 0.4) is 0 Å². The highest BCUT2D eigenvalue weighted by Gasteiger charge is 2.47. The molecule has 1 unspecified atom stereocenters. The van der Waals surface area contributed by atoms with Gasteiger partial charge in [0.05, 0.1) is 13.2 Å². The van der Waals surface area contributed by atoms with Crippen molar-refractivity contribution < 1.29 is 22.3 Å². The quantitative estimate of drug-likeness (QED) is 0.744. The summed E-state index contributed by atoms with van der Waals surface area (Å²) in [4.78, 5) is 2.42. The molecule has 1 fully saturated rings. The van der Waals surface area contributed by atoms with Gasteiger partial charge in [-0.15, -0.1) is 0 Å². The highest BCUT2D eigenvalue weighted by atomic mass is 32.2. The third-order valence-corrected chi connectivity index (χ3v) is 7.40. The number of methoxy groups -OCH3 is 1. The monoisotopic (exact) mass is 420 g/mol. The molecule has 29 heavy (non-hydrogen) atoms. The molecule has 0 aromatic heterocycles. The molecule has 0 bridgehead atoms. The van der Waals surface area contributed by atoms with Gasteiger partial charge in [0.15, 0.2) is 0 Å². The van der Waals surface area contributed by atoms with Crippen LogP contribution in [0, 0.1) is 5.82 Å². The zero-order valence-corrected chi connectivity index (χ0v) is 17.2. The van der Waals surface area contributed by atoms with E-state index < -0.39 is 15.6 Å². The minimum atomic E-state index is -3.67. The van der Waals surface area contributed by atoms with E-state index in [-0.39, 0.29) is 23.8 Å². The number of sulfonamides is 1. The fourth-order valence-electron chi connectivity index (χ4n) is 4.07. The normalized spacial score (nSPS) is 24.2. The Morgan fingerprint density at radius 1 is 1.14 bits per heavy atom. The molecule has 8 heteroatoms. The molecule has 0 saturated carbocycles. The summed E-state index contributed by atoms with van der Waals surface area (Å²) in [5.74, 6) is 0.144. The lowest BCUT2D eigenvalue weighted by molar-refractivity contribution is 0.0533. The van der Waals surface area contributed by atoms with E-state index in [4.69, 9.17) is 9.47 Å². The molecule has 2 aliphatic heterocycles. The van der Waals surface area contributed by atoms with Crippen molar-refractivity contribution in [3.8, 4) is 5.75 Å². The average molecular weight is 421 g/mol. The first kappa shape index (κ1) is 20.3. The number of nitrogens with zero attached hydrogens (tertiary/aromatic N) is 2. The van der Waals surface area contributed by atoms with Crippen LogP contribution >= 0.6 is 0 Å². The Morgan fingerprint density at radius 3 is 2.66 bits per heavy atom. The van der Waals surface area contributed by atoms with Crippen LogP contribution in [-0.4, -0.2) is 63.1 Å². The molecule has 4 rings (SSSR count). The van der Waals surface area contributed by atoms with E-state index in [1.54, 1.807) is 43.5 Å². The zero-order valence-electron chi connectivity index (χ0n) is 16.4. The summed E-state index contributed by atoms with van der Waals surface area (Å²) in [7, 11) is -2.11. The van der Waals surface area contributed by atoms with E-state index in [1.807, 2.05) is 0 Å². The van der Waals surface area contributed by atoms with Crippen molar-refractivity contribution in [2.45, 2.75) is 23.5 Å². The predicted octanol–water partition coefficient (Wildman–Crippen LogP) is 2.50. The molecule has 0 radical (unpaired) electrons. The van der Waals surface area contributed by atoms with Crippen molar-refractivity contribution in [3.63, 3.8) is 0 Å². The Balaban J connectivity index is 1.60. The molecule has 156 valence electrons. The SMILES string of the molecule is COCCN1CC2(CCN(Cc3ccc(F)cc3)C2)Oc2ccccc2S1(=O)=O. The second-order valence-corrected chi connectivity index (χ2v) is 9.56. The first-order valence-electron chi connectivity index (χ1n) is 9.66. The molecule has 0 amide bonds. The van der Waals surface area contributed by atoms with Gasteiger partial charge in [0, 0.05) is 39.7 Å². The minimum Gasteiger partial charge on any atom is -0.483 e. The minimum absolute atomic E-state index is 0.199. The molecular weight excluding hydrogens is 395 g/mol. The third-order valence-electron chi connectivity index (χ3n) is 5.52. The summed E-state index contributed by atoms with van der Waals surface area (Å²) in [6.07, 6.45) is 0.710. The number of benzene rings is 2. The van der Waals surface area contributed by atoms with Crippen molar-refractivity contribution in [2.24, 2.45) is 0 Å². The Morgan fingerprint density at radius 2 is 1.90 bits per heavy atom. The first-order chi connectivity index (χ1) is 13.9. The number of fused-ring (bicyclic) bond motifs is 1. The maximum atomic E-state index is 13.2. The summed E-state index contributed by atoms with van der Waals surface area (Å²) in [6, 6.07) is 13.3. The van der Waals surface area contributed by atoms with Gasteiger partial charge in [-0.1, -0.05) is 24.3 Å². The number of para-hydroxylation sites is 1. The van der Waals surface area contributed by atoms with Crippen molar-refractivity contribution in [1.29, 1.82) is 0 Å². The number of rotatable bonds is 5. The summed E-state index contributed by atoms with van der Waals surface area (Å²) in [5.41, 5.74) is 0.384. The summed E-state index contributed by atoms with van der Waals surface area (Å²) in [5, 5.41) is 0. The van der Waals surface area contributed by atoms with Crippen LogP contribution in [0.5, 0.6) is 5.75 Å². The molecular formula is C21H25FN2O4S. The molecule has 2 aromatic rings. The second-order valence-electron chi connectivity index (χ2n) is 7.65. The molecule has 2 aliphatic rings. The predicted molar refractivity (Wildman–Crippen MR) is 107 cm³/mol. The summed E-state index contributed by atoms with van der Waals surface area (Å²) in [6.45, 7) is 2.90. The van der Waals surface area contributed by atoms with Crippen LogP contribution in [0.4, 0.5) is 4.39 Å². The largest absolute Gasteiger partial charge is 0.483 e. The molecule has 1 spiro atoms. The van der Waals surface area contributed by atoms with Crippen LogP contribution in [0.25, 0.3) is 0 Å². The van der Waals surface area contributed by atoms with Gasteiger partial charge >= 0.3 is 0 Å². The van der Waals surface area contributed by atoms with Crippen molar-refractivity contribution in [3.05, 3.63) is 59.9 Å². The molecule has 6 nitrogen and oxygen atoms in total. The highest BCUT2D eigenvalue weighted by molar-refractivity contribution is 7.89. The van der Waals surface area contributed by atoms with Gasteiger partial charge in [-0.25, -0.2) is 12.8 Å². The topological polar surface area (TPSA) is 59.1 Å². The maximum absolute atomic E-state index is 13.2. The van der Waals surface area contributed by atoms with E-state index in [9.17, 15) is 12.8 Å². The van der Waals surface area contributed by atoms with Gasteiger partial charge in [0.1, 0.15) is 22.1 Å². The van der Waals surface area contributed by atoms with Gasteiger partial charge in [0.25, 0.3) is 0 Å². The molecule has 2 aromatic carbocycles. The lowest BCUT2D eigenvalue weighted by Crippen LogP contribution is -2.49. The Bertz CT molecular complexity index is 967. The van der Waals surface area contributed by atoms with Crippen LogP contribution in [0.2, 0.25) is 0 Å². The van der Waals surface area contributed by atoms with E-state index in [0.29, 0.717) is 31.9 Å². The number of halogens is 1. The number of hydrogen-bond acceptors (Lipinski definition) is 5. The van der Waals surface area contributed by atoms with Crippen LogP contribution in [0.1, 0.15) is 12.0 Å². The van der Waals surface area contributed by atoms with Crippen molar-refractivity contribution in [2.75, 3.05) is 39.9 Å². The molecule has 1 atom stereocenters. The Labute approximate surface area is 170 Å². The van der Waals surface area contributed by atoms with Gasteiger partial charge in [-0.2, -0.15) is 4.31 Å². The van der Waals surface area contributed by atoms with E-state index in [2.05, 4.69) is 4.90 Å². The fourth-order valence-corrected chi connectivity index (χ4v) is 5.69. The van der Waals surface area contributed by atoms with Gasteiger partial charge in [0.2, 0.25) is 10.0 Å². The standard InChI is InChI=1S/C21H25FN2O4S/c1-27-13-12-24-16-21(28-19-4-2-3-5-20(19)29(24,25)26)10-11-23(15-21)14-17-6-8-18(22)9-7-17/h2-9H,10-16H2,1H3. The number of likely N-dealkylation sites (tertiary alicyclic amines) is 1. The van der Waals surface area contributed by atoms with Crippen LogP contribution in [-0.2, 0) is 21.3 Å². The van der Waals surface area contributed by atoms with E-state index >= 15 is 0 Å². The van der Waals surface area contributed by atoms with Crippen molar-refractivity contribution >= 4 is 10.0 Å². The molecule has 1 saturated heterocycles. The first-order valence-corrected chi connectivity index (χ1v) is 11.1. The summed E-state index contributed by atoms with van der Waals surface area (Å²) >= 11 is 0. The second kappa shape index (κ2) is 8.02. The van der Waals surface area contributed by atoms with Gasteiger partial charge in [-0.3, -0.25) is 4.90 Å². The van der Waals surface area contributed by atoms with E-state index in [1.165, 1.54) is 16.4 Å². The van der Waals surface area contributed by atoms with Crippen LogP contribution < -0.4 is 4.74 Å². The fraction of sp³-hybridized carbons (Fsp3) is 0.429. The smallest absolute Gasteiger partial charge is 0.246 e. The van der Waals surface area contributed by atoms with Gasteiger partial charge in [-0.05, 0) is 29.8 Å². The lowest BCUT2D eigenvalue weighted by atomic mass is 10.0. The highest BCUT2D eigenvalue weighted by Crippen LogP contribution is 2.38. The maximum Gasteiger partial charge on any atom is 0.246 e. The zero-order chi connectivity index (χ0) is 20.5. The lowest BCUT2D eigenvalue weighted by Gasteiger charge is -2.32. The van der Waals surface area contributed by atoms with Crippen molar-refractivity contribution in [1.82, 2.24) is 9.21 Å².